The molecule has 0 aliphatic carbocycles. The normalized spacial score (nSPS) is 20.3. The van der Waals surface area contributed by atoms with E-state index < -0.39 is 0 Å². The Labute approximate surface area is 111 Å². The molecule has 1 unspecified atom stereocenters. The third-order valence-electron chi connectivity index (χ3n) is 3.12. The van der Waals surface area contributed by atoms with Crippen molar-refractivity contribution < 1.29 is 4.74 Å². The molecule has 0 saturated carbocycles. The molecule has 3 heterocycles. The highest BCUT2D eigenvalue weighted by Gasteiger charge is 2.18. The summed E-state index contributed by atoms with van der Waals surface area (Å²) in [6.07, 6.45) is 1.93. The summed E-state index contributed by atoms with van der Waals surface area (Å²) < 4.78 is 5.54. The third-order valence-corrected chi connectivity index (χ3v) is 3.42. The van der Waals surface area contributed by atoms with Gasteiger partial charge in [-0.25, -0.2) is 9.97 Å². The van der Waals surface area contributed by atoms with Gasteiger partial charge in [0.25, 0.3) is 0 Å². The zero-order valence-corrected chi connectivity index (χ0v) is 10.9. The van der Waals surface area contributed by atoms with Crippen LogP contribution in [0.4, 0.5) is 5.82 Å². The summed E-state index contributed by atoms with van der Waals surface area (Å²) in [4.78, 5) is 10.9. The molecule has 1 saturated heterocycles. The second-order valence-corrected chi connectivity index (χ2v) is 4.82. The second kappa shape index (κ2) is 4.71. The molecule has 18 heavy (non-hydrogen) atoms. The minimum absolute atomic E-state index is 0.247. The Morgan fingerprint density at radius 2 is 2.28 bits per heavy atom. The van der Waals surface area contributed by atoms with Gasteiger partial charge in [-0.1, -0.05) is 11.6 Å². The van der Waals surface area contributed by atoms with Gasteiger partial charge in [-0.3, -0.25) is 0 Å². The predicted octanol–water partition coefficient (Wildman–Crippen LogP) is 2.51. The van der Waals surface area contributed by atoms with Crippen LogP contribution in [0, 0.1) is 0 Å². The van der Waals surface area contributed by atoms with E-state index in [1.165, 1.54) is 0 Å². The van der Waals surface area contributed by atoms with Gasteiger partial charge in [-0.15, -0.1) is 0 Å². The summed E-state index contributed by atoms with van der Waals surface area (Å²) in [5, 5.41) is 1.39. The first kappa shape index (κ1) is 11.7. The van der Waals surface area contributed by atoms with Gasteiger partial charge in [0, 0.05) is 24.7 Å². The standard InChI is InChI=1S/C13H14ClN3O/c1-9-8-17(6-7-18-9)12-3-2-10-11(16-12)4-5-15-13(10)14/h2-5,9H,6-8H2,1H3. The van der Waals surface area contributed by atoms with Crippen LogP contribution in [0.1, 0.15) is 6.92 Å². The summed E-state index contributed by atoms with van der Waals surface area (Å²) >= 11 is 6.03. The van der Waals surface area contributed by atoms with E-state index in [1.807, 2.05) is 18.2 Å². The van der Waals surface area contributed by atoms with Crippen molar-refractivity contribution in [1.82, 2.24) is 9.97 Å². The van der Waals surface area contributed by atoms with Crippen molar-refractivity contribution in [1.29, 1.82) is 0 Å². The van der Waals surface area contributed by atoms with Crippen LogP contribution in [-0.2, 0) is 4.74 Å². The van der Waals surface area contributed by atoms with E-state index in [4.69, 9.17) is 16.3 Å². The van der Waals surface area contributed by atoms with Crippen LogP contribution in [0.15, 0.2) is 24.4 Å². The van der Waals surface area contributed by atoms with Gasteiger partial charge < -0.3 is 9.64 Å². The van der Waals surface area contributed by atoms with Gasteiger partial charge in [0.05, 0.1) is 18.2 Å². The number of rotatable bonds is 1. The van der Waals surface area contributed by atoms with Gasteiger partial charge in [0.15, 0.2) is 0 Å². The largest absolute Gasteiger partial charge is 0.375 e. The number of aromatic nitrogens is 2. The molecule has 94 valence electrons. The molecule has 5 heteroatoms. The number of nitrogens with zero attached hydrogens (tertiary/aromatic N) is 3. The first-order valence-corrected chi connectivity index (χ1v) is 6.39. The summed E-state index contributed by atoms with van der Waals surface area (Å²) in [6, 6.07) is 5.86. The summed E-state index contributed by atoms with van der Waals surface area (Å²) in [6.45, 7) is 4.57. The highest BCUT2D eigenvalue weighted by molar-refractivity contribution is 6.34. The molecule has 1 aliphatic rings. The lowest BCUT2D eigenvalue weighted by Gasteiger charge is -2.32. The average molecular weight is 264 g/mol. The molecule has 0 amide bonds. The Morgan fingerprint density at radius 1 is 1.39 bits per heavy atom. The van der Waals surface area contributed by atoms with E-state index in [1.54, 1.807) is 6.20 Å². The summed E-state index contributed by atoms with van der Waals surface area (Å²) in [7, 11) is 0. The minimum atomic E-state index is 0.247. The van der Waals surface area contributed by atoms with Crippen molar-refractivity contribution >= 4 is 28.3 Å². The molecule has 0 radical (unpaired) electrons. The van der Waals surface area contributed by atoms with E-state index >= 15 is 0 Å². The monoisotopic (exact) mass is 263 g/mol. The quantitative estimate of drug-likeness (QED) is 0.741. The fourth-order valence-electron chi connectivity index (χ4n) is 2.21. The van der Waals surface area contributed by atoms with Gasteiger partial charge in [0.2, 0.25) is 0 Å². The molecule has 2 aromatic rings. The van der Waals surface area contributed by atoms with Gasteiger partial charge in [-0.05, 0) is 25.1 Å². The summed E-state index contributed by atoms with van der Waals surface area (Å²) in [5.41, 5.74) is 0.881. The fraction of sp³-hybridized carbons (Fsp3) is 0.385. The molecule has 4 nitrogen and oxygen atoms in total. The SMILES string of the molecule is CC1CN(c2ccc3c(Cl)nccc3n2)CCO1. The number of pyridine rings is 2. The number of anilines is 1. The summed E-state index contributed by atoms with van der Waals surface area (Å²) in [5.74, 6) is 0.972. The van der Waals surface area contributed by atoms with Crippen LogP contribution >= 0.6 is 11.6 Å². The molecular formula is C13H14ClN3O. The second-order valence-electron chi connectivity index (χ2n) is 4.47. The van der Waals surface area contributed by atoms with E-state index in [0.717, 1.165) is 36.4 Å². The lowest BCUT2D eigenvalue weighted by Crippen LogP contribution is -2.41. The topological polar surface area (TPSA) is 38.2 Å². The van der Waals surface area contributed by atoms with Crippen molar-refractivity contribution in [3.8, 4) is 0 Å². The molecule has 1 fully saturated rings. The highest BCUT2D eigenvalue weighted by atomic mass is 35.5. The number of morpholine rings is 1. The predicted molar refractivity (Wildman–Crippen MR) is 72.2 cm³/mol. The third kappa shape index (κ3) is 2.13. The van der Waals surface area contributed by atoms with E-state index in [-0.39, 0.29) is 6.10 Å². The number of fused-ring (bicyclic) bond motifs is 1. The highest BCUT2D eigenvalue weighted by Crippen LogP contribution is 2.23. The van der Waals surface area contributed by atoms with Crippen LogP contribution in [0.3, 0.4) is 0 Å². The average Bonchev–Trinajstić information content (AvgIpc) is 2.39. The Hall–Kier alpha value is -1.39. The maximum atomic E-state index is 6.03. The molecule has 0 aromatic carbocycles. The molecule has 3 rings (SSSR count). The lowest BCUT2D eigenvalue weighted by molar-refractivity contribution is 0.0529. The van der Waals surface area contributed by atoms with E-state index in [0.29, 0.717) is 5.15 Å². The lowest BCUT2D eigenvalue weighted by atomic mass is 10.2. The minimum Gasteiger partial charge on any atom is -0.375 e. The van der Waals surface area contributed by atoms with E-state index in [9.17, 15) is 0 Å². The first-order chi connectivity index (χ1) is 8.74. The number of hydrogen-bond donors (Lipinski definition) is 0. The Morgan fingerprint density at radius 3 is 3.11 bits per heavy atom. The molecular weight excluding hydrogens is 250 g/mol. The van der Waals surface area contributed by atoms with Crippen molar-refractivity contribution in [2.45, 2.75) is 13.0 Å². The molecule has 0 N–H and O–H groups in total. The molecule has 0 spiro atoms. The van der Waals surface area contributed by atoms with Crippen LogP contribution in [0.2, 0.25) is 5.15 Å². The Bertz CT molecular complexity index is 575. The van der Waals surface area contributed by atoms with Crippen LogP contribution in [0.5, 0.6) is 0 Å². The van der Waals surface area contributed by atoms with Gasteiger partial charge >= 0.3 is 0 Å². The zero-order valence-electron chi connectivity index (χ0n) is 10.1. The number of ether oxygens (including phenoxy) is 1. The van der Waals surface area contributed by atoms with Crippen molar-refractivity contribution in [2.75, 3.05) is 24.6 Å². The first-order valence-electron chi connectivity index (χ1n) is 6.02. The van der Waals surface area contributed by atoms with Gasteiger partial charge in [-0.2, -0.15) is 0 Å². The van der Waals surface area contributed by atoms with Crippen molar-refractivity contribution in [2.24, 2.45) is 0 Å². The smallest absolute Gasteiger partial charge is 0.138 e. The number of hydrogen-bond acceptors (Lipinski definition) is 4. The molecule has 2 aromatic heterocycles. The maximum absolute atomic E-state index is 6.03. The van der Waals surface area contributed by atoms with Gasteiger partial charge in [0.1, 0.15) is 11.0 Å². The fourth-order valence-corrected chi connectivity index (χ4v) is 2.43. The van der Waals surface area contributed by atoms with E-state index in [2.05, 4.69) is 21.8 Å². The van der Waals surface area contributed by atoms with Crippen LogP contribution in [-0.4, -0.2) is 35.8 Å². The molecule has 1 atom stereocenters. The maximum Gasteiger partial charge on any atom is 0.138 e. The van der Waals surface area contributed by atoms with Crippen LogP contribution in [0.25, 0.3) is 10.9 Å². The van der Waals surface area contributed by atoms with Crippen LogP contribution < -0.4 is 4.90 Å². The molecule has 0 bridgehead atoms. The Balaban J connectivity index is 1.98. The zero-order chi connectivity index (χ0) is 12.5. The number of halogens is 1. The van der Waals surface area contributed by atoms with Crippen molar-refractivity contribution in [3.05, 3.63) is 29.5 Å². The van der Waals surface area contributed by atoms with Crippen molar-refractivity contribution in [3.63, 3.8) is 0 Å². The Kier molecular flexibility index (Phi) is 3.06. The molecule has 1 aliphatic heterocycles.